The molecule has 0 unspecified atom stereocenters. The van der Waals surface area contributed by atoms with E-state index in [9.17, 15) is 0 Å². The van der Waals surface area contributed by atoms with Crippen molar-refractivity contribution in [3.63, 3.8) is 0 Å². The molecule has 0 bridgehead atoms. The first-order valence-electron chi connectivity index (χ1n) is 40.2. The van der Waals surface area contributed by atoms with Crippen LogP contribution in [0.1, 0.15) is 0 Å². The number of rotatable bonds is 7. The molecular weight excluding hydrogens is 1430 g/mol. The van der Waals surface area contributed by atoms with Crippen LogP contribution in [0.5, 0.6) is 0 Å². The third kappa shape index (κ3) is 11.5. The Morgan fingerprint density at radius 3 is 1.01 bits per heavy atom. The minimum atomic E-state index is 0.926. The van der Waals surface area contributed by atoms with E-state index >= 15 is 0 Å². The maximum absolute atomic E-state index is 6.33. The van der Waals surface area contributed by atoms with E-state index in [2.05, 4.69) is 423 Å². The zero-order chi connectivity index (χ0) is 77.0. The largest absolute Gasteiger partial charge is 0.455 e. The lowest BCUT2D eigenvalue weighted by atomic mass is 9.91. The van der Waals surface area contributed by atoms with Crippen molar-refractivity contribution in [2.75, 3.05) is 0 Å². The van der Waals surface area contributed by atoms with Crippen molar-refractivity contribution in [1.29, 1.82) is 0 Å². The van der Waals surface area contributed by atoms with Crippen LogP contribution in [0.25, 0.3) is 233 Å². The summed E-state index contributed by atoms with van der Waals surface area (Å²) >= 11 is 1.89. The average molecular weight is 1500 g/mol. The number of hydrogen-bond donors (Lipinski definition) is 0. The zero-order valence-corrected chi connectivity index (χ0v) is 64.6. The molecule has 3 aromatic heterocycles. The predicted molar refractivity (Wildman–Crippen MR) is 504 cm³/mol. The fraction of sp³-hybridized carbons (Fsp3) is 0. The SMILES string of the molecule is c1cc(-c2ccc3c4ccccc4c4ccccc4c3c2)cc(-c2cccc3c2oc2ccccc23)c1.c1cc(-c2ccc3c4ccccc4c4ccccc4c3c2)cc(-c2cccc3c2sc2ccccc23)c1.c1ccc(-c2ccc3c4ccccc4n(-c4cccc(-c5ccc6c7ccccc7c7ccccc7c6c5)c4)c3c2)cc1. The third-order valence-corrected chi connectivity index (χ3v) is 25.5. The van der Waals surface area contributed by atoms with Gasteiger partial charge < -0.3 is 8.98 Å². The van der Waals surface area contributed by atoms with Crippen molar-refractivity contribution in [3.05, 3.63) is 431 Å². The molecule has 0 aliphatic rings. The van der Waals surface area contributed by atoms with E-state index in [1.54, 1.807) is 0 Å². The zero-order valence-electron chi connectivity index (χ0n) is 63.8. The molecule has 0 amide bonds. The minimum absolute atomic E-state index is 0.926. The summed E-state index contributed by atoms with van der Waals surface area (Å²) in [6.45, 7) is 0. The summed E-state index contributed by atoms with van der Waals surface area (Å²) in [4.78, 5) is 0. The normalized spacial score (nSPS) is 11.8. The molecule has 3 heterocycles. The van der Waals surface area contributed by atoms with Gasteiger partial charge in [-0.2, -0.15) is 0 Å². The average Bonchev–Trinajstić information content (AvgIpc) is 1.73. The third-order valence-electron chi connectivity index (χ3n) is 24.3. The Labute approximate surface area is 679 Å². The first-order valence-corrected chi connectivity index (χ1v) is 41.1. The van der Waals surface area contributed by atoms with Crippen LogP contribution in [0.2, 0.25) is 0 Å². The lowest BCUT2D eigenvalue weighted by Crippen LogP contribution is -1.94. The molecule has 22 aromatic carbocycles. The number of thiophene rings is 1. The number of hydrogen-bond acceptors (Lipinski definition) is 2. The molecule has 0 saturated heterocycles. The van der Waals surface area contributed by atoms with Crippen molar-refractivity contribution >= 4 is 172 Å². The Morgan fingerprint density at radius 2 is 0.496 bits per heavy atom. The van der Waals surface area contributed by atoms with Gasteiger partial charge in [-0.05, 0) is 225 Å². The van der Waals surface area contributed by atoms with Crippen LogP contribution in [0.15, 0.2) is 435 Å². The fourth-order valence-electron chi connectivity index (χ4n) is 18.8. The summed E-state index contributed by atoms with van der Waals surface area (Å²) in [5.74, 6) is 0. The highest BCUT2D eigenvalue weighted by atomic mass is 32.1. The van der Waals surface area contributed by atoms with E-state index in [0.29, 0.717) is 0 Å². The van der Waals surface area contributed by atoms with Gasteiger partial charge in [-0.15, -0.1) is 11.3 Å². The lowest BCUT2D eigenvalue weighted by Gasteiger charge is -2.13. The van der Waals surface area contributed by atoms with Crippen LogP contribution in [-0.2, 0) is 0 Å². The molecule has 0 aliphatic carbocycles. The summed E-state index contributed by atoms with van der Waals surface area (Å²) in [6.07, 6.45) is 0. The van der Waals surface area contributed by atoms with Crippen molar-refractivity contribution in [2.24, 2.45) is 0 Å². The molecule has 544 valence electrons. The van der Waals surface area contributed by atoms with E-state index in [1.807, 2.05) is 23.5 Å². The van der Waals surface area contributed by atoms with Gasteiger partial charge in [-0.3, -0.25) is 0 Å². The van der Waals surface area contributed by atoms with Crippen LogP contribution in [0, 0.1) is 0 Å². The molecule has 0 N–H and O–H groups in total. The molecule has 2 nitrogen and oxygen atoms in total. The second kappa shape index (κ2) is 28.0. The highest BCUT2D eigenvalue weighted by Crippen LogP contribution is 2.46. The maximum Gasteiger partial charge on any atom is 0.143 e. The summed E-state index contributed by atoms with van der Waals surface area (Å²) in [5, 5.41) is 31.0. The van der Waals surface area contributed by atoms with E-state index in [-0.39, 0.29) is 0 Å². The second-order valence-corrected chi connectivity index (χ2v) is 31.8. The maximum atomic E-state index is 6.33. The topological polar surface area (TPSA) is 18.1 Å². The Balaban J connectivity index is 0.000000104. The van der Waals surface area contributed by atoms with Gasteiger partial charge in [0, 0.05) is 53.0 Å². The van der Waals surface area contributed by atoms with E-state index in [4.69, 9.17) is 4.42 Å². The van der Waals surface area contributed by atoms with Crippen LogP contribution in [0.4, 0.5) is 0 Å². The van der Waals surface area contributed by atoms with Gasteiger partial charge in [-0.25, -0.2) is 0 Å². The van der Waals surface area contributed by atoms with E-state index in [0.717, 1.165) is 38.8 Å². The van der Waals surface area contributed by atoms with Crippen molar-refractivity contribution in [2.45, 2.75) is 0 Å². The highest BCUT2D eigenvalue weighted by Gasteiger charge is 2.20. The number of para-hydroxylation sites is 3. The minimum Gasteiger partial charge on any atom is -0.455 e. The molecule has 0 atom stereocenters. The molecule has 0 fully saturated rings. The molecule has 25 rings (SSSR count). The summed E-state index contributed by atoms with van der Waals surface area (Å²) < 4.78 is 11.5. The predicted octanol–water partition coefficient (Wildman–Crippen LogP) is 32.8. The summed E-state index contributed by atoms with van der Waals surface area (Å²) in [5.41, 5.74) is 20.1. The molecule has 25 aromatic rings. The van der Waals surface area contributed by atoms with Crippen LogP contribution in [0.3, 0.4) is 0 Å². The molecule has 0 radical (unpaired) electrons. The monoisotopic (exact) mass is 1500 g/mol. The number of furan rings is 1. The first-order chi connectivity index (χ1) is 58.0. The van der Waals surface area contributed by atoms with Gasteiger partial charge >= 0.3 is 0 Å². The Bertz CT molecular complexity index is 7930. The van der Waals surface area contributed by atoms with Gasteiger partial charge in [0.25, 0.3) is 0 Å². The fourth-order valence-corrected chi connectivity index (χ4v) is 20.1. The molecule has 117 heavy (non-hydrogen) atoms. The van der Waals surface area contributed by atoms with Gasteiger partial charge in [0.05, 0.1) is 11.0 Å². The molecular formula is C114H71NOS. The van der Waals surface area contributed by atoms with Crippen molar-refractivity contribution in [3.8, 4) is 72.4 Å². The number of aromatic nitrogens is 1. The standard InChI is InChI=1S/C42H27N.C36H22O.C36H22S/c1-2-11-28(12-3-1)31-22-24-39-38-19-8-9-20-41(38)43(42(39)27-31)32-14-10-13-29(25-32)30-21-23-37-35-17-5-4-15-33(35)34-16-6-7-18-36(34)40(37)26-30;2*1-2-13-29-27(11-1)28-12-3-4-14-30(28)34-22-24(19-20-31(29)34)23-9-7-10-25(21-23)26-16-8-17-33-32-15-5-6-18-35(32)37-36(26)33/h1-27H;2*1-22H. The number of fused-ring (bicyclic) bond motifs is 27. The second-order valence-electron chi connectivity index (χ2n) is 30.8. The lowest BCUT2D eigenvalue weighted by molar-refractivity contribution is 0.670. The smallest absolute Gasteiger partial charge is 0.143 e. The first kappa shape index (κ1) is 67.7. The van der Waals surface area contributed by atoms with E-state index < -0.39 is 0 Å². The molecule has 0 saturated carbocycles. The Hall–Kier alpha value is -15.0. The molecule has 0 aliphatic heterocycles. The van der Waals surface area contributed by atoms with Gasteiger partial charge in [0.1, 0.15) is 11.2 Å². The Morgan fingerprint density at radius 1 is 0.171 bits per heavy atom. The summed E-state index contributed by atoms with van der Waals surface area (Å²) in [7, 11) is 0. The van der Waals surface area contributed by atoms with E-state index in [1.165, 1.54) is 195 Å². The quantitative estimate of drug-likeness (QED) is 0.145. The molecule has 0 spiro atoms. The highest BCUT2D eigenvalue weighted by molar-refractivity contribution is 7.26. The van der Waals surface area contributed by atoms with Crippen LogP contribution >= 0.6 is 11.3 Å². The van der Waals surface area contributed by atoms with Gasteiger partial charge in [0.15, 0.2) is 0 Å². The van der Waals surface area contributed by atoms with Gasteiger partial charge in [0.2, 0.25) is 0 Å². The van der Waals surface area contributed by atoms with Crippen LogP contribution < -0.4 is 0 Å². The molecule has 3 heteroatoms. The number of nitrogens with zero attached hydrogens (tertiary/aromatic N) is 1. The van der Waals surface area contributed by atoms with Gasteiger partial charge in [-0.1, -0.05) is 364 Å². The van der Waals surface area contributed by atoms with Crippen molar-refractivity contribution in [1.82, 2.24) is 4.57 Å². The van der Waals surface area contributed by atoms with Crippen LogP contribution in [-0.4, -0.2) is 4.57 Å². The Kier molecular flexibility index (Phi) is 16.2. The number of benzene rings is 22. The summed E-state index contributed by atoms with van der Waals surface area (Å²) in [6, 6.07) is 157. The van der Waals surface area contributed by atoms with Crippen molar-refractivity contribution < 1.29 is 4.42 Å².